The van der Waals surface area contributed by atoms with Gasteiger partial charge in [-0.1, -0.05) is 6.07 Å². The molecule has 6 rings (SSSR count). The van der Waals surface area contributed by atoms with Crippen LogP contribution in [-0.4, -0.2) is 50.5 Å². The van der Waals surface area contributed by atoms with Crippen molar-refractivity contribution < 1.29 is 14.6 Å². The summed E-state index contributed by atoms with van der Waals surface area (Å²) in [5, 5.41) is 15.2. The van der Waals surface area contributed by atoms with Gasteiger partial charge in [0.1, 0.15) is 5.75 Å². The topological polar surface area (TPSA) is 93.4 Å². The molecule has 38 heavy (non-hydrogen) atoms. The van der Waals surface area contributed by atoms with Crippen molar-refractivity contribution in [2.45, 2.75) is 57.4 Å². The molecule has 1 unspecified atom stereocenters. The second-order valence-electron chi connectivity index (χ2n) is 10.3. The maximum Gasteiger partial charge on any atom is 0.305 e. The summed E-state index contributed by atoms with van der Waals surface area (Å²) < 4.78 is 7.87. The highest BCUT2D eigenvalue weighted by atomic mass is 16.5. The summed E-state index contributed by atoms with van der Waals surface area (Å²) >= 11 is 0. The van der Waals surface area contributed by atoms with E-state index in [9.17, 15) is 9.90 Å². The van der Waals surface area contributed by atoms with Gasteiger partial charge in [-0.3, -0.25) is 19.4 Å². The van der Waals surface area contributed by atoms with Crippen molar-refractivity contribution in [3.63, 3.8) is 0 Å². The highest BCUT2D eigenvalue weighted by molar-refractivity contribution is 5.81. The van der Waals surface area contributed by atoms with Crippen LogP contribution in [0.5, 0.6) is 5.75 Å². The molecular weight excluding hydrogens is 478 g/mol. The van der Waals surface area contributed by atoms with Crippen molar-refractivity contribution in [2.75, 3.05) is 24.6 Å². The third-order valence-corrected chi connectivity index (χ3v) is 7.69. The third-order valence-electron chi connectivity index (χ3n) is 7.69. The monoisotopic (exact) mass is 511 g/mol. The standard InChI is InChI=1S/C30H33N5O3/c36-30(37)17-29(22-15-25(20-31-18-22)34-12-3-4-13-34)35-28-10-9-26(16-23(28)19-32-35)38-14-11-24-8-7-21-5-1-2-6-27(21)33-24/h7-10,15-16,18-20,29H,1-6,11-14,17H2,(H,36,37). The predicted molar refractivity (Wildman–Crippen MR) is 146 cm³/mol. The molecule has 1 aliphatic carbocycles. The Labute approximate surface area is 222 Å². The van der Waals surface area contributed by atoms with E-state index in [2.05, 4.69) is 33.2 Å². The Kier molecular flexibility index (Phi) is 6.94. The quantitative estimate of drug-likeness (QED) is 0.338. The first-order valence-corrected chi connectivity index (χ1v) is 13.6. The van der Waals surface area contributed by atoms with Crippen LogP contribution >= 0.6 is 0 Å². The van der Waals surface area contributed by atoms with Crippen LogP contribution in [0.2, 0.25) is 0 Å². The number of aryl methyl sites for hydroxylation is 2. The second kappa shape index (κ2) is 10.8. The molecule has 0 radical (unpaired) electrons. The van der Waals surface area contributed by atoms with Crippen molar-refractivity contribution in [3.05, 3.63) is 77.5 Å². The van der Waals surface area contributed by atoms with E-state index in [1.165, 1.54) is 36.9 Å². The van der Waals surface area contributed by atoms with E-state index >= 15 is 0 Å². The van der Waals surface area contributed by atoms with Crippen molar-refractivity contribution in [3.8, 4) is 5.75 Å². The summed E-state index contributed by atoms with van der Waals surface area (Å²) in [7, 11) is 0. The molecule has 8 heteroatoms. The Balaban J connectivity index is 1.19. The number of benzene rings is 1. The van der Waals surface area contributed by atoms with Gasteiger partial charge in [0.15, 0.2) is 0 Å². The van der Waals surface area contributed by atoms with E-state index in [1.54, 1.807) is 17.1 Å². The molecule has 0 amide bonds. The number of aliphatic carboxylic acids is 1. The first kappa shape index (κ1) is 24.4. The van der Waals surface area contributed by atoms with E-state index in [-0.39, 0.29) is 6.42 Å². The zero-order chi connectivity index (χ0) is 25.9. The van der Waals surface area contributed by atoms with Gasteiger partial charge in [0.25, 0.3) is 0 Å². The number of fused-ring (bicyclic) bond motifs is 2. The molecule has 4 aromatic rings. The van der Waals surface area contributed by atoms with Crippen LogP contribution in [0.15, 0.2) is 55.0 Å². The van der Waals surface area contributed by atoms with Crippen LogP contribution in [0, 0.1) is 0 Å². The molecule has 4 heterocycles. The van der Waals surface area contributed by atoms with Gasteiger partial charge >= 0.3 is 5.97 Å². The van der Waals surface area contributed by atoms with Gasteiger partial charge in [0.05, 0.1) is 42.7 Å². The van der Waals surface area contributed by atoms with Gasteiger partial charge in [0, 0.05) is 42.5 Å². The Bertz CT molecular complexity index is 1440. The van der Waals surface area contributed by atoms with Crippen molar-refractivity contribution in [1.82, 2.24) is 19.7 Å². The lowest BCUT2D eigenvalue weighted by molar-refractivity contribution is -0.137. The van der Waals surface area contributed by atoms with Crippen molar-refractivity contribution in [2.24, 2.45) is 0 Å². The average Bonchev–Trinajstić information content (AvgIpc) is 3.62. The largest absolute Gasteiger partial charge is 0.493 e. The molecule has 0 spiro atoms. The summed E-state index contributed by atoms with van der Waals surface area (Å²) in [6, 6.07) is 11.8. The number of rotatable bonds is 9. The lowest BCUT2D eigenvalue weighted by atomic mass is 9.96. The molecule has 1 aliphatic heterocycles. The summed E-state index contributed by atoms with van der Waals surface area (Å²) in [5.74, 6) is -0.108. The average molecular weight is 512 g/mol. The number of carbonyl (C=O) groups is 1. The first-order chi connectivity index (χ1) is 18.6. The van der Waals surface area contributed by atoms with Crippen LogP contribution in [0.3, 0.4) is 0 Å². The maximum atomic E-state index is 11.8. The fraction of sp³-hybridized carbons (Fsp3) is 0.400. The molecule has 1 atom stereocenters. The van der Waals surface area contributed by atoms with Gasteiger partial charge in [-0.15, -0.1) is 0 Å². The van der Waals surface area contributed by atoms with Gasteiger partial charge in [-0.2, -0.15) is 5.10 Å². The van der Waals surface area contributed by atoms with Gasteiger partial charge in [-0.25, -0.2) is 0 Å². The zero-order valence-corrected chi connectivity index (χ0v) is 21.6. The molecule has 1 saturated heterocycles. The number of ether oxygens (including phenoxy) is 1. The first-order valence-electron chi connectivity index (χ1n) is 13.6. The van der Waals surface area contributed by atoms with Crippen LogP contribution in [-0.2, 0) is 24.1 Å². The molecule has 0 bridgehead atoms. The molecule has 3 aromatic heterocycles. The summed E-state index contributed by atoms with van der Waals surface area (Å²) in [6.45, 7) is 2.55. The summed E-state index contributed by atoms with van der Waals surface area (Å²) in [4.78, 5) is 23.4. The molecule has 8 nitrogen and oxygen atoms in total. The number of hydrogen-bond donors (Lipinski definition) is 1. The summed E-state index contributed by atoms with van der Waals surface area (Å²) in [6.07, 6.45) is 13.1. The molecule has 0 saturated carbocycles. The SMILES string of the molecule is O=C(O)CC(c1cncc(N2CCCC2)c1)n1ncc2cc(OCCc3ccc4c(n3)CCCC4)ccc21. The Morgan fingerprint density at radius 2 is 1.87 bits per heavy atom. The molecule has 1 fully saturated rings. The maximum absolute atomic E-state index is 11.8. The number of carboxylic acids is 1. The molecule has 1 aromatic carbocycles. The van der Waals surface area contributed by atoms with Crippen LogP contribution in [0.4, 0.5) is 5.69 Å². The third kappa shape index (κ3) is 5.21. The van der Waals surface area contributed by atoms with Crippen molar-refractivity contribution in [1.29, 1.82) is 0 Å². The lowest BCUT2D eigenvalue weighted by Gasteiger charge is -2.21. The molecular formula is C30H33N5O3. The number of carboxylic acid groups (broad SMARTS) is 1. The van der Waals surface area contributed by atoms with E-state index in [0.717, 1.165) is 65.9 Å². The number of pyridine rings is 2. The molecule has 2 aliphatic rings. The molecule has 1 N–H and O–H groups in total. The summed E-state index contributed by atoms with van der Waals surface area (Å²) in [5.41, 5.74) is 6.46. The Morgan fingerprint density at radius 3 is 2.74 bits per heavy atom. The fourth-order valence-electron chi connectivity index (χ4n) is 5.70. The highest BCUT2D eigenvalue weighted by Crippen LogP contribution is 2.31. The normalized spacial score (nSPS) is 15.9. The van der Waals surface area contributed by atoms with Crippen LogP contribution < -0.4 is 9.64 Å². The van der Waals surface area contributed by atoms with Crippen molar-refractivity contribution >= 4 is 22.6 Å². The van der Waals surface area contributed by atoms with E-state index < -0.39 is 12.0 Å². The highest BCUT2D eigenvalue weighted by Gasteiger charge is 2.23. The van der Waals surface area contributed by atoms with Gasteiger partial charge < -0.3 is 14.7 Å². The number of anilines is 1. The van der Waals surface area contributed by atoms with E-state index in [0.29, 0.717) is 6.61 Å². The fourth-order valence-corrected chi connectivity index (χ4v) is 5.70. The number of aromatic nitrogens is 4. The minimum absolute atomic E-state index is 0.0755. The predicted octanol–water partition coefficient (Wildman–Crippen LogP) is 4.99. The minimum atomic E-state index is -0.874. The van der Waals surface area contributed by atoms with Crippen LogP contribution in [0.25, 0.3) is 10.9 Å². The number of nitrogens with zero attached hydrogens (tertiary/aromatic N) is 5. The smallest absolute Gasteiger partial charge is 0.305 e. The van der Waals surface area contributed by atoms with Gasteiger partial charge in [-0.05, 0) is 80.0 Å². The van der Waals surface area contributed by atoms with Crippen LogP contribution in [0.1, 0.15) is 60.7 Å². The zero-order valence-electron chi connectivity index (χ0n) is 21.6. The Morgan fingerprint density at radius 1 is 1.00 bits per heavy atom. The lowest BCUT2D eigenvalue weighted by Crippen LogP contribution is -2.20. The Hall–Kier alpha value is -3.94. The number of hydrogen-bond acceptors (Lipinski definition) is 6. The molecule has 196 valence electrons. The van der Waals surface area contributed by atoms with E-state index in [1.807, 2.05) is 24.4 Å². The minimum Gasteiger partial charge on any atom is -0.493 e. The second-order valence-corrected chi connectivity index (χ2v) is 10.3. The van der Waals surface area contributed by atoms with Gasteiger partial charge in [0.2, 0.25) is 0 Å². The van der Waals surface area contributed by atoms with E-state index in [4.69, 9.17) is 9.72 Å².